The summed E-state index contributed by atoms with van der Waals surface area (Å²) < 4.78 is 0. The third kappa shape index (κ3) is 3.23. The van der Waals surface area contributed by atoms with Gasteiger partial charge in [-0.2, -0.15) is 0 Å². The number of β-amino-alcohol motifs (C(OH)–C–C–N with tert-alkyl or cyclic N) is 1. The smallest absolute Gasteiger partial charge is 0.0558 e. The molecule has 0 amide bonds. The van der Waals surface area contributed by atoms with Gasteiger partial charge in [-0.25, -0.2) is 0 Å². The molecule has 1 heterocycles. The summed E-state index contributed by atoms with van der Waals surface area (Å²) in [5, 5.41) is 12.6. The number of nitrogens with zero attached hydrogens (tertiary/aromatic N) is 1. The second-order valence-corrected chi connectivity index (χ2v) is 4.63. The maximum absolute atomic E-state index is 8.87. The molecular weight excluding hydrogens is 176 g/mol. The summed E-state index contributed by atoms with van der Waals surface area (Å²) in [7, 11) is 0. The molecule has 1 aliphatic carbocycles. The standard InChI is InChI=1S/C11H22N2O/c14-9-8-13-6-1-2-10(5-7-13)12-11-3-4-11/h10-12,14H,1-9H2. The Bertz CT molecular complexity index is 171. The maximum atomic E-state index is 8.87. The summed E-state index contributed by atoms with van der Waals surface area (Å²) in [6, 6.07) is 1.58. The van der Waals surface area contributed by atoms with E-state index in [0.29, 0.717) is 6.61 Å². The first-order valence-corrected chi connectivity index (χ1v) is 5.98. The average Bonchev–Trinajstić information content (AvgIpc) is 2.97. The van der Waals surface area contributed by atoms with Crippen LogP contribution in [0.15, 0.2) is 0 Å². The molecule has 1 saturated carbocycles. The van der Waals surface area contributed by atoms with E-state index < -0.39 is 0 Å². The minimum Gasteiger partial charge on any atom is -0.395 e. The van der Waals surface area contributed by atoms with Crippen molar-refractivity contribution in [2.75, 3.05) is 26.2 Å². The van der Waals surface area contributed by atoms with Crippen molar-refractivity contribution in [3.05, 3.63) is 0 Å². The third-order valence-electron chi connectivity index (χ3n) is 3.29. The first-order chi connectivity index (χ1) is 6.88. The van der Waals surface area contributed by atoms with Crippen LogP contribution in [0, 0.1) is 0 Å². The highest BCUT2D eigenvalue weighted by atomic mass is 16.3. The van der Waals surface area contributed by atoms with Crippen LogP contribution in [0.25, 0.3) is 0 Å². The lowest BCUT2D eigenvalue weighted by atomic mass is 10.1. The predicted octanol–water partition coefficient (Wildman–Crippen LogP) is 0.585. The Labute approximate surface area is 86.5 Å². The van der Waals surface area contributed by atoms with E-state index in [-0.39, 0.29) is 0 Å². The van der Waals surface area contributed by atoms with E-state index in [1.54, 1.807) is 0 Å². The Balaban J connectivity index is 1.69. The minimum absolute atomic E-state index is 0.306. The second kappa shape index (κ2) is 5.10. The van der Waals surface area contributed by atoms with Gasteiger partial charge in [0.2, 0.25) is 0 Å². The fourth-order valence-electron chi connectivity index (χ4n) is 2.27. The van der Waals surface area contributed by atoms with E-state index in [0.717, 1.165) is 25.2 Å². The molecule has 1 aliphatic heterocycles. The topological polar surface area (TPSA) is 35.5 Å². The molecule has 0 aromatic rings. The normalized spacial score (nSPS) is 30.2. The van der Waals surface area contributed by atoms with E-state index in [4.69, 9.17) is 5.11 Å². The van der Waals surface area contributed by atoms with Crippen molar-refractivity contribution >= 4 is 0 Å². The van der Waals surface area contributed by atoms with Crippen molar-refractivity contribution < 1.29 is 5.11 Å². The molecule has 0 aromatic carbocycles. The summed E-state index contributed by atoms with van der Waals surface area (Å²) in [5.41, 5.74) is 0. The summed E-state index contributed by atoms with van der Waals surface area (Å²) in [4.78, 5) is 2.38. The van der Waals surface area contributed by atoms with Crippen molar-refractivity contribution in [3.63, 3.8) is 0 Å². The lowest BCUT2D eigenvalue weighted by molar-refractivity contribution is 0.199. The van der Waals surface area contributed by atoms with E-state index in [1.165, 1.54) is 38.6 Å². The number of nitrogens with one attached hydrogen (secondary N) is 1. The van der Waals surface area contributed by atoms with Gasteiger partial charge in [-0.15, -0.1) is 0 Å². The largest absolute Gasteiger partial charge is 0.395 e. The molecule has 3 nitrogen and oxygen atoms in total. The number of likely N-dealkylation sites (tertiary alicyclic amines) is 1. The van der Waals surface area contributed by atoms with Crippen molar-refractivity contribution in [1.29, 1.82) is 0 Å². The monoisotopic (exact) mass is 198 g/mol. The van der Waals surface area contributed by atoms with Crippen molar-refractivity contribution in [3.8, 4) is 0 Å². The van der Waals surface area contributed by atoms with Crippen molar-refractivity contribution in [2.24, 2.45) is 0 Å². The fraction of sp³-hybridized carbons (Fsp3) is 1.00. The van der Waals surface area contributed by atoms with Crippen LogP contribution in [-0.2, 0) is 0 Å². The van der Waals surface area contributed by atoms with Gasteiger partial charge >= 0.3 is 0 Å². The molecule has 0 bridgehead atoms. The predicted molar refractivity (Wildman–Crippen MR) is 57.3 cm³/mol. The Hall–Kier alpha value is -0.120. The molecule has 14 heavy (non-hydrogen) atoms. The lowest BCUT2D eigenvalue weighted by Crippen LogP contribution is -2.33. The van der Waals surface area contributed by atoms with E-state index >= 15 is 0 Å². The maximum Gasteiger partial charge on any atom is 0.0558 e. The number of hydrogen-bond donors (Lipinski definition) is 2. The van der Waals surface area contributed by atoms with Gasteiger partial charge in [-0.05, 0) is 45.2 Å². The number of aliphatic hydroxyl groups excluding tert-OH is 1. The molecule has 1 unspecified atom stereocenters. The summed E-state index contributed by atoms with van der Waals surface area (Å²) >= 11 is 0. The Morgan fingerprint density at radius 1 is 1.07 bits per heavy atom. The first kappa shape index (κ1) is 10.4. The Kier molecular flexibility index (Phi) is 3.79. The molecular formula is C11H22N2O. The molecule has 1 saturated heterocycles. The third-order valence-corrected chi connectivity index (χ3v) is 3.29. The molecule has 3 heteroatoms. The molecule has 0 aromatic heterocycles. The number of rotatable bonds is 4. The molecule has 82 valence electrons. The van der Waals surface area contributed by atoms with Gasteiger partial charge in [0.1, 0.15) is 0 Å². The first-order valence-electron chi connectivity index (χ1n) is 5.98. The van der Waals surface area contributed by atoms with E-state index in [1.807, 2.05) is 0 Å². The van der Waals surface area contributed by atoms with Crippen LogP contribution in [0.4, 0.5) is 0 Å². The zero-order valence-corrected chi connectivity index (χ0v) is 8.91. The van der Waals surface area contributed by atoms with Crippen molar-refractivity contribution in [1.82, 2.24) is 10.2 Å². The van der Waals surface area contributed by atoms with Crippen LogP contribution in [0.1, 0.15) is 32.1 Å². The molecule has 2 aliphatic rings. The van der Waals surface area contributed by atoms with Gasteiger partial charge in [0, 0.05) is 18.6 Å². The highest BCUT2D eigenvalue weighted by molar-refractivity contribution is 4.86. The zero-order chi connectivity index (χ0) is 9.80. The second-order valence-electron chi connectivity index (χ2n) is 4.63. The molecule has 2 N–H and O–H groups in total. The summed E-state index contributed by atoms with van der Waals surface area (Å²) in [6.07, 6.45) is 6.63. The highest BCUT2D eigenvalue weighted by Crippen LogP contribution is 2.22. The number of aliphatic hydroxyl groups is 1. The molecule has 1 atom stereocenters. The van der Waals surface area contributed by atoms with Gasteiger partial charge in [0.15, 0.2) is 0 Å². The number of hydrogen-bond acceptors (Lipinski definition) is 3. The van der Waals surface area contributed by atoms with Crippen molar-refractivity contribution in [2.45, 2.75) is 44.2 Å². The zero-order valence-electron chi connectivity index (χ0n) is 8.91. The van der Waals surface area contributed by atoms with Gasteiger partial charge in [0.05, 0.1) is 6.61 Å². The Morgan fingerprint density at radius 2 is 1.86 bits per heavy atom. The van der Waals surface area contributed by atoms with Crippen LogP contribution in [0.2, 0.25) is 0 Å². The highest BCUT2D eigenvalue weighted by Gasteiger charge is 2.25. The van der Waals surface area contributed by atoms with Crippen LogP contribution in [0.3, 0.4) is 0 Å². The van der Waals surface area contributed by atoms with Crippen LogP contribution in [-0.4, -0.2) is 48.3 Å². The van der Waals surface area contributed by atoms with Gasteiger partial charge in [0.25, 0.3) is 0 Å². The van der Waals surface area contributed by atoms with Crippen LogP contribution < -0.4 is 5.32 Å². The molecule has 0 spiro atoms. The summed E-state index contributed by atoms with van der Waals surface area (Å²) in [5.74, 6) is 0. The van der Waals surface area contributed by atoms with E-state index in [9.17, 15) is 0 Å². The average molecular weight is 198 g/mol. The van der Waals surface area contributed by atoms with Crippen LogP contribution in [0.5, 0.6) is 0 Å². The van der Waals surface area contributed by atoms with Gasteiger partial charge < -0.3 is 15.3 Å². The molecule has 2 rings (SSSR count). The molecule has 2 fully saturated rings. The van der Waals surface area contributed by atoms with E-state index in [2.05, 4.69) is 10.2 Å². The minimum atomic E-state index is 0.306. The fourth-order valence-corrected chi connectivity index (χ4v) is 2.27. The quantitative estimate of drug-likeness (QED) is 0.694. The molecule has 0 radical (unpaired) electrons. The van der Waals surface area contributed by atoms with Gasteiger partial charge in [-0.3, -0.25) is 0 Å². The lowest BCUT2D eigenvalue weighted by Gasteiger charge is -2.19. The van der Waals surface area contributed by atoms with Crippen LogP contribution >= 0.6 is 0 Å². The SMILES string of the molecule is OCCN1CCCC(NC2CC2)CC1. The van der Waals surface area contributed by atoms with Gasteiger partial charge in [-0.1, -0.05) is 0 Å². The summed E-state index contributed by atoms with van der Waals surface area (Å²) in [6.45, 7) is 3.49. The Morgan fingerprint density at radius 3 is 2.57 bits per heavy atom.